The van der Waals surface area contributed by atoms with E-state index in [0.29, 0.717) is 0 Å². The Morgan fingerprint density at radius 3 is 1.95 bits per heavy atom. The number of hydrogen-bond donors (Lipinski definition) is 0. The maximum absolute atomic E-state index is 6.42. The maximum atomic E-state index is 6.42. The van der Waals surface area contributed by atoms with Crippen molar-refractivity contribution in [1.29, 1.82) is 0 Å². The van der Waals surface area contributed by atoms with Gasteiger partial charge < -0.3 is 9.47 Å². The highest BCUT2D eigenvalue weighted by atomic mass is 16.6. The van der Waals surface area contributed by atoms with E-state index in [0.717, 1.165) is 12.8 Å². The summed E-state index contributed by atoms with van der Waals surface area (Å²) in [5.74, 6) is 0. The van der Waals surface area contributed by atoms with Crippen LogP contribution in [0.3, 0.4) is 0 Å². The first-order valence-corrected chi connectivity index (χ1v) is 7.40. The lowest BCUT2D eigenvalue weighted by Crippen LogP contribution is -2.53. The summed E-state index contributed by atoms with van der Waals surface area (Å²) in [5, 5.41) is 0. The van der Waals surface area contributed by atoms with Crippen LogP contribution >= 0.6 is 0 Å². The summed E-state index contributed by atoms with van der Waals surface area (Å²) in [6, 6.07) is 0. The summed E-state index contributed by atoms with van der Waals surface area (Å²) in [7, 11) is 0. The van der Waals surface area contributed by atoms with Crippen molar-refractivity contribution >= 4 is 0 Å². The van der Waals surface area contributed by atoms with E-state index in [1.165, 1.54) is 11.1 Å². The van der Waals surface area contributed by atoms with Gasteiger partial charge in [-0.25, -0.2) is 0 Å². The van der Waals surface area contributed by atoms with Crippen molar-refractivity contribution in [3.05, 3.63) is 11.1 Å². The van der Waals surface area contributed by atoms with Crippen molar-refractivity contribution in [1.82, 2.24) is 0 Å². The summed E-state index contributed by atoms with van der Waals surface area (Å²) in [4.78, 5) is 0. The summed E-state index contributed by atoms with van der Waals surface area (Å²) in [6.45, 7) is 19.3. The smallest absolute Gasteiger partial charge is 0.113 e. The highest BCUT2D eigenvalue weighted by Crippen LogP contribution is 2.41. The molecule has 1 rings (SSSR count). The molecule has 0 bridgehead atoms. The van der Waals surface area contributed by atoms with Gasteiger partial charge >= 0.3 is 0 Å². The molecule has 0 radical (unpaired) electrons. The van der Waals surface area contributed by atoms with Crippen molar-refractivity contribution in [2.75, 3.05) is 0 Å². The molecule has 0 saturated heterocycles. The largest absolute Gasteiger partial charge is 0.369 e. The molecule has 0 fully saturated rings. The molecule has 1 aliphatic carbocycles. The van der Waals surface area contributed by atoms with Crippen molar-refractivity contribution in [2.45, 2.75) is 98.1 Å². The Morgan fingerprint density at radius 2 is 1.53 bits per heavy atom. The summed E-state index contributed by atoms with van der Waals surface area (Å²) < 4.78 is 12.7. The van der Waals surface area contributed by atoms with Gasteiger partial charge in [0.2, 0.25) is 0 Å². The molecule has 0 N–H and O–H groups in total. The minimum atomic E-state index is -0.326. The number of ether oxygens (including phenoxy) is 2. The van der Waals surface area contributed by atoms with Crippen LogP contribution in [0.25, 0.3) is 0 Å². The zero-order valence-corrected chi connectivity index (χ0v) is 14.3. The van der Waals surface area contributed by atoms with Gasteiger partial charge in [-0.2, -0.15) is 0 Å². The maximum Gasteiger partial charge on any atom is 0.113 e. The summed E-state index contributed by atoms with van der Waals surface area (Å²) in [5.41, 5.74) is 2.14. The van der Waals surface area contributed by atoms with Crippen molar-refractivity contribution in [3.63, 3.8) is 0 Å². The molecular formula is C17H32O2. The molecule has 1 aliphatic rings. The van der Waals surface area contributed by atoms with Crippen LogP contribution < -0.4 is 0 Å². The normalized spacial score (nSPS) is 29.8. The van der Waals surface area contributed by atoms with Crippen molar-refractivity contribution in [2.24, 2.45) is 0 Å². The van der Waals surface area contributed by atoms with Crippen LogP contribution in [-0.4, -0.2) is 22.9 Å². The van der Waals surface area contributed by atoms with Crippen molar-refractivity contribution < 1.29 is 9.47 Å². The molecular weight excluding hydrogens is 236 g/mol. The van der Waals surface area contributed by atoms with Gasteiger partial charge in [0.1, 0.15) is 5.60 Å². The lowest BCUT2D eigenvalue weighted by Gasteiger charge is -2.48. The molecule has 2 heteroatoms. The summed E-state index contributed by atoms with van der Waals surface area (Å²) in [6.07, 6.45) is 2.26. The molecule has 112 valence electrons. The zero-order chi connectivity index (χ0) is 15.1. The predicted octanol–water partition coefficient (Wildman–Crippen LogP) is 4.87. The molecule has 2 unspecified atom stereocenters. The Labute approximate surface area is 119 Å². The van der Waals surface area contributed by atoms with E-state index in [1.54, 1.807) is 0 Å². The lowest BCUT2D eigenvalue weighted by molar-refractivity contribution is -0.201. The highest BCUT2D eigenvalue weighted by molar-refractivity contribution is 5.26. The molecule has 0 spiro atoms. The molecule has 2 atom stereocenters. The minimum absolute atomic E-state index is 0.121. The highest BCUT2D eigenvalue weighted by Gasteiger charge is 2.45. The van der Waals surface area contributed by atoms with Gasteiger partial charge in [-0.1, -0.05) is 5.57 Å². The van der Waals surface area contributed by atoms with Gasteiger partial charge in [0.15, 0.2) is 0 Å². The fourth-order valence-corrected chi connectivity index (χ4v) is 2.85. The van der Waals surface area contributed by atoms with Gasteiger partial charge in [-0.3, -0.25) is 0 Å². The standard InChI is InChI=1S/C17H32O2/c1-12-10-11-14(18-15(3,4)5)17(9,13(12)2)19-16(6,7)8/h14H,10-11H2,1-9H3. The van der Waals surface area contributed by atoms with E-state index in [9.17, 15) is 0 Å². The Bertz CT molecular complexity index is 354. The first-order valence-electron chi connectivity index (χ1n) is 7.40. The van der Waals surface area contributed by atoms with Gasteiger partial charge in [0, 0.05) is 0 Å². The first-order chi connectivity index (χ1) is 8.35. The molecule has 0 aromatic rings. The fraction of sp³-hybridized carbons (Fsp3) is 0.882. The van der Waals surface area contributed by atoms with Crippen molar-refractivity contribution in [3.8, 4) is 0 Å². The SMILES string of the molecule is CC1=C(C)C(C)(OC(C)(C)C)C(OC(C)(C)C)CC1. The minimum Gasteiger partial charge on any atom is -0.369 e. The number of allylic oxidation sites excluding steroid dienone is 1. The molecule has 2 nitrogen and oxygen atoms in total. The van der Waals surface area contributed by atoms with Crippen LogP contribution in [0.2, 0.25) is 0 Å². The second-order valence-corrected chi connectivity index (χ2v) is 7.98. The number of hydrogen-bond acceptors (Lipinski definition) is 2. The molecule has 19 heavy (non-hydrogen) atoms. The van der Waals surface area contributed by atoms with E-state index < -0.39 is 0 Å². The molecule has 0 aliphatic heterocycles. The van der Waals surface area contributed by atoms with Crippen LogP contribution in [0, 0.1) is 0 Å². The third kappa shape index (κ3) is 4.32. The second-order valence-electron chi connectivity index (χ2n) is 7.98. The Hall–Kier alpha value is -0.340. The number of rotatable bonds is 2. The third-order valence-corrected chi connectivity index (χ3v) is 3.79. The Kier molecular flexibility index (Phi) is 4.59. The van der Waals surface area contributed by atoms with E-state index in [2.05, 4.69) is 62.3 Å². The second kappa shape index (κ2) is 5.21. The van der Waals surface area contributed by atoms with Gasteiger partial charge in [-0.05, 0) is 80.7 Å². The topological polar surface area (TPSA) is 18.5 Å². The average Bonchev–Trinajstić information content (AvgIpc) is 2.16. The Balaban J connectivity index is 3.10. The quantitative estimate of drug-likeness (QED) is 0.665. The third-order valence-electron chi connectivity index (χ3n) is 3.79. The van der Waals surface area contributed by atoms with Crippen LogP contribution in [0.4, 0.5) is 0 Å². The molecule has 0 saturated carbocycles. The van der Waals surface area contributed by atoms with Crippen LogP contribution in [0.1, 0.15) is 75.2 Å². The molecule has 0 aromatic heterocycles. The first kappa shape index (κ1) is 16.7. The van der Waals surface area contributed by atoms with E-state index in [4.69, 9.17) is 9.47 Å². The van der Waals surface area contributed by atoms with Gasteiger partial charge in [0.25, 0.3) is 0 Å². The lowest BCUT2D eigenvalue weighted by atomic mass is 9.78. The predicted molar refractivity (Wildman–Crippen MR) is 81.5 cm³/mol. The monoisotopic (exact) mass is 268 g/mol. The van der Waals surface area contributed by atoms with E-state index in [-0.39, 0.29) is 22.9 Å². The average molecular weight is 268 g/mol. The zero-order valence-electron chi connectivity index (χ0n) is 14.3. The molecule has 0 heterocycles. The molecule has 0 aromatic carbocycles. The van der Waals surface area contributed by atoms with E-state index >= 15 is 0 Å². The van der Waals surface area contributed by atoms with Crippen LogP contribution in [0.5, 0.6) is 0 Å². The summed E-state index contributed by atoms with van der Waals surface area (Å²) >= 11 is 0. The van der Waals surface area contributed by atoms with Gasteiger partial charge in [0.05, 0.1) is 17.3 Å². The van der Waals surface area contributed by atoms with Crippen LogP contribution in [0.15, 0.2) is 11.1 Å². The fourth-order valence-electron chi connectivity index (χ4n) is 2.85. The van der Waals surface area contributed by atoms with Crippen LogP contribution in [-0.2, 0) is 9.47 Å². The van der Waals surface area contributed by atoms with Gasteiger partial charge in [-0.15, -0.1) is 0 Å². The Morgan fingerprint density at radius 1 is 1.00 bits per heavy atom. The molecule has 0 amide bonds. The van der Waals surface area contributed by atoms with E-state index in [1.807, 2.05) is 0 Å².